The van der Waals surface area contributed by atoms with Crippen LogP contribution in [0.15, 0.2) is 52.9 Å². The molecule has 8 heteroatoms. The predicted octanol–water partition coefficient (Wildman–Crippen LogP) is 5.65. The first-order valence-corrected chi connectivity index (χ1v) is 12.5. The Hall–Kier alpha value is -3.94. The molecule has 0 saturated carbocycles. The van der Waals surface area contributed by atoms with Crippen molar-refractivity contribution in [1.29, 1.82) is 0 Å². The quantitative estimate of drug-likeness (QED) is 0.406. The molecule has 196 valence electrons. The minimum atomic E-state index is -0.300. The molecular formula is C29H35N3O5. The van der Waals surface area contributed by atoms with Crippen LogP contribution in [-0.4, -0.2) is 41.6 Å². The van der Waals surface area contributed by atoms with Crippen molar-refractivity contribution >= 4 is 17.6 Å². The van der Waals surface area contributed by atoms with Crippen LogP contribution >= 0.6 is 0 Å². The summed E-state index contributed by atoms with van der Waals surface area (Å²) in [5, 5.41) is 2.99. The monoisotopic (exact) mass is 505 g/mol. The Morgan fingerprint density at radius 3 is 2.41 bits per heavy atom. The molecular weight excluding hydrogens is 470 g/mol. The molecule has 0 aliphatic carbocycles. The maximum absolute atomic E-state index is 13.7. The Bertz CT molecular complexity index is 1270. The number of hydrogen-bond donors (Lipinski definition) is 1. The van der Waals surface area contributed by atoms with Gasteiger partial charge in [0.2, 0.25) is 12.7 Å². The van der Waals surface area contributed by atoms with E-state index in [0.717, 1.165) is 28.1 Å². The molecule has 3 amide bonds. The highest BCUT2D eigenvalue weighted by Crippen LogP contribution is 2.33. The number of hydrogen-bond acceptors (Lipinski definition) is 5. The average Bonchev–Trinajstić information content (AvgIpc) is 3.47. The summed E-state index contributed by atoms with van der Waals surface area (Å²) < 4.78 is 16.7. The lowest BCUT2D eigenvalue weighted by Gasteiger charge is -2.29. The number of carbonyl (C=O) groups excluding carboxylic acids is 2. The van der Waals surface area contributed by atoms with E-state index < -0.39 is 0 Å². The standard InChI is InChI=1S/C29H35N3O5/c1-19(2)14-32(29(34)30-25-10-6-20(3)12-21(25)4)17-28(33)31(16-24-9-7-22(5)37-24)15-23-8-11-26-27(13-23)36-18-35-26/h6-13,19H,14-18H2,1-5H3,(H,30,34). The molecule has 0 saturated heterocycles. The van der Waals surface area contributed by atoms with Crippen LogP contribution in [0.5, 0.6) is 11.5 Å². The second-order valence-corrected chi connectivity index (χ2v) is 9.97. The van der Waals surface area contributed by atoms with Gasteiger partial charge in [-0.3, -0.25) is 4.79 Å². The SMILES string of the molecule is Cc1ccc(NC(=O)N(CC(=O)N(Cc2ccc3c(c2)OCO3)Cc2ccc(C)o2)CC(C)C)c(C)c1. The first kappa shape index (κ1) is 26.1. The highest BCUT2D eigenvalue weighted by molar-refractivity contribution is 5.93. The zero-order valence-corrected chi connectivity index (χ0v) is 22.2. The Labute approximate surface area is 218 Å². The van der Waals surface area contributed by atoms with Gasteiger partial charge >= 0.3 is 6.03 Å². The zero-order valence-electron chi connectivity index (χ0n) is 22.2. The number of urea groups is 1. The largest absolute Gasteiger partial charge is 0.464 e. The highest BCUT2D eigenvalue weighted by Gasteiger charge is 2.24. The van der Waals surface area contributed by atoms with Crippen molar-refractivity contribution < 1.29 is 23.5 Å². The molecule has 2 heterocycles. The van der Waals surface area contributed by atoms with Crippen molar-refractivity contribution in [2.45, 2.75) is 47.7 Å². The van der Waals surface area contributed by atoms with Gasteiger partial charge in [0.1, 0.15) is 18.1 Å². The average molecular weight is 506 g/mol. The lowest BCUT2D eigenvalue weighted by molar-refractivity contribution is -0.133. The van der Waals surface area contributed by atoms with E-state index in [4.69, 9.17) is 13.9 Å². The van der Waals surface area contributed by atoms with Gasteiger partial charge in [-0.1, -0.05) is 37.6 Å². The summed E-state index contributed by atoms with van der Waals surface area (Å²) in [6, 6.07) is 15.0. The van der Waals surface area contributed by atoms with Crippen molar-refractivity contribution in [2.24, 2.45) is 5.92 Å². The van der Waals surface area contributed by atoms with E-state index >= 15 is 0 Å². The van der Waals surface area contributed by atoms with E-state index in [1.54, 1.807) is 9.80 Å². The van der Waals surface area contributed by atoms with Crippen LogP contribution in [0.2, 0.25) is 0 Å². The summed E-state index contributed by atoms with van der Waals surface area (Å²) >= 11 is 0. The summed E-state index contributed by atoms with van der Waals surface area (Å²) in [5.41, 5.74) is 3.73. The van der Waals surface area contributed by atoms with Gasteiger partial charge in [0.15, 0.2) is 11.5 Å². The van der Waals surface area contributed by atoms with Crippen molar-refractivity contribution in [3.8, 4) is 11.5 Å². The molecule has 1 N–H and O–H groups in total. The molecule has 0 radical (unpaired) electrons. The number of rotatable bonds is 9. The number of nitrogens with one attached hydrogen (secondary N) is 1. The normalized spacial score (nSPS) is 12.1. The Balaban J connectivity index is 1.53. The van der Waals surface area contributed by atoms with Crippen LogP contribution in [0.3, 0.4) is 0 Å². The molecule has 0 bridgehead atoms. The van der Waals surface area contributed by atoms with Crippen molar-refractivity contribution in [1.82, 2.24) is 9.80 Å². The summed E-state index contributed by atoms with van der Waals surface area (Å²) in [6.45, 7) is 11.1. The maximum atomic E-state index is 13.7. The zero-order chi connectivity index (χ0) is 26.5. The van der Waals surface area contributed by atoms with Crippen molar-refractivity contribution in [3.63, 3.8) is 0 Å². The number of anilines is 1. The van der Waals surface area contributed by atoms with E-state index in [1.165, 1.54) is 0 Å². The van der Waals surface area contributed by atoms with Crippen LogP contribution in [0, 0.1) is 26.7 Å². The molecule has 0 atom stereocenters. The molecule has 4 rings (SSSR count). The van der Waals surface area contributed by atoms with Gasteiger partial charge in [0.05, 0.1) is 6.54 Å². The van der Waals surface area contributed by atoms with Gasteiger partial charge < -0.3 is 29.0 Å². The lowest BCUT2D eigenvalue weighted by atomic mass is 10.1. The summed E-state index contributed by atoms with van der Waals surface area (Å²) in [5.74, 6) is 2.82. The van der Waals surface area contributed by atoms with Gasteiger partial charge in [-0.05, 0) is 68.1 Å². The topological polar surface area (TPSA) is 84.3 Å². The molecule has 37 heavy (non-hydrogen) atoms. The molecule has 0 fully saturated rings. The van der Waals surface area contributed by atoms with E-state index in [0.29, 0.717) is 30.3 Å². The number of carbonyl (C=O) groups is 2. The Morgan fingerprint density at radius 2 is 1.70 bits per heavy atom. The van der Waals surface area contributed by atoms with Crippen LogP contribution < -0.4 is 14.8 Å². The first-order valence-electron chi connectivity index (χ1n) is 12.5. The Morgan fingerprint density at radius 1 is 0.919 bits per heavy atom. The summed E-state index contributed by atoms with van der Waals surface area (Å²) in [4.78, 5) is 30.2. The minimum absolute atomic E-state index is 0.0564. The number of nitrogens with zero attached hydrogens (tertiary/aromatic N) is 2. The fourth-order valence-electron chi connectivity index (χ4n) is 4.32. The predicted molar refractivity (Wildman–Crippen MR) is 142 cm³/mol. The molecule has 2 aromatic carbocycles. The van der Waals surface area contributed by atoms with Crippen LogP contribution in [0.1, 0.15) is 42.1 Å². The lowest BCUT2D eigenvalue weighted by Crippen LogP contribution is -2.45. The molecule has 8 nitrogen and oxygen atoms in total. The minimum Gasteiger partial charge on any atom is -0.464 e. The molecule has 0 spiro atoms. The Kier molecular flexibility index (Phi) is 8.06. The summed E-state index contributed by atoms with van der Waals surface area (Å²) in [6.07, 6.45) is 0. The molecule has 0 unspecified atom stereocenters. The third kappa shape index (κ3) is 6.84. The molecule has 1 aliphatic heterocycles. The highest BCUT2D eigenvalue weighted by atomic mass is 16.7. The molecule has 1 aliphatic rings. The fraction of sp³-hybridized carbons (Fsp3) is 0.379. The van der Waals surface area contributed by atoms with E-state index in [9.17, 15) is 9.59 Å². The number of ether oxygens (including phenoxy) is 2. The second-order valence-electron chi connectivity index (χ2n) is 9.97. The number of furan rings is 1. The van der Waals surface area contributed by atoms with Crippen molar-refractivity contribution in [3.05, 3.63) is 76.7 Å². The summed E-state index contributed by atoms with van der Waals surface area (Å²) in [7, 11) is 0. The third-order valence-corrected chi connectivity index (χ3v) is 6.13. The van der Waals surface area contributed by atoms with E-state index in [2.05, 4.69) is 5.32 Å². The fourth-order valence-corrected chi connectivity index (χ4v) is 4.32. The van der Waals surface area contributed by atoms with E-state index in [1.807, 2.05) is 83.1 Å². The van der Waals surface area contributed by atoms with Crippen LogP contribution in [-0.2, 0) is 17.9 Å². The number of benzene rings is 2. The maximum Gasteiger partial charge on any atom is 0.322 e. The molecule has 3 aromatic rings. The second kappa shape index (κ2) is 11.4. The first-order chi connectivity index (χ1) is 17.7. The van der Waals surface area contributed by atoms with Crippen LogP contribution in [0.25, 0.3) is 0 Å². The number of fused-ring (bicyclic) bond motifs is 1. The van der Waals surface area contributed by atoms with E-state index in [-0.39, 0.29) is 37.7 Å². The smallest absolute Gasteiger partial charge is 0.322 e. The van der Waals surface area contributed by atoms with Gasteiger partial charge in [-0.15, -0.1) is 0 Å². The number of aryl methyl sites for hydroxylation is 3. The van der Waals surface area contributed by atoms with Gasteiger partial charge in [-0.2, -0.15) is 0 Å². The third-order valence-electron chi connectivity index (χ3n) is 6.13. The van der Waals surface area contributed by atoms with Crippen molar-refractivity contribution in [2.75, 3.05) is 25.2 Å². The molecule has 1 aromatic heterocycles. The number of amides is 3. The van der Waals surface area contributed by atoms with Gasteiger partial charge in [-0.25, -0.2) is 4.79 Å². The van der Waals surface area contributed by atoms with Gasteiger partial charge in [0, 0.05) is 18.8 Å². The van der Waals surface area contributed by atoms with Crippen LogP contribution in [0.4, 0.5) is 10.5 Å². The van der Waals surface area contributed by atoms with Gasteiger partial charge in [0.25, 0.3) is 0 Å².